The summed E-state index contributed by atoms with van der Waals surface area (Å²) in [6.45, 7) is 0. The molecule has 39 heavy (non-hydrogen) atoms. The fourth-order valence-corrected chi connectivity index (χ4v) is 4.50. The summed E-state index contributed by atoms with van der Waals surface area (Å²) in [4.78, 5) is 13.3. The number of pyridine rings is 1. The van der Waals surface area contributed by atoms with Gasteiger partial charge in [-0.05, 0) is 59.2 Å². The number of hydrogen-bond acceptors (Lipinski definition) is 2. The van der Waals surface area contributed by atoms with E-state index in [0.717, 1.165) is 22.3 Å². The van der Waals surface area contributed by atoms with E-state index in [1.807, 2.05) is 48.5 Å². The average molecular weight is 504 g/mol. The third kappa shape index (κ3) is 5.33. The Morgan fingerprint density at radius 2 is 1.46 bits per heavy atom. The van der Waals surface area contributed by atoms with Gasteiger partial charge in [-0.2, -0.15) is 0 Å². The molecule has 0 saturated carbocycles. The van der Waals surface area contributed by atoms with Gasteiger partial charge >= 0.3 is 0 Å². The van der Waals surface area contributed by atoms with E-state index in [2.05, 4.69) is 81.4 Å². The summed E-state index contributed by atoms with van der Waals surface area (Å²) in [6.07, 6.45) is 7.21. The highest BCUT2D eigenvalue weighted by Crippen LogP contribution is 2.27. The smallest absolute Gasteiger partial charge is 0.161 e. The van der Waals surface area contributed by atoms with E-state index in [0.29, 0.717) is 11.4 Å². The Bertz CT molecular complexity index is 1800. The topological polar surface area (TPSA) is 66.4 Å². The second-order valence-electron chi connectivity index (χ2n) is 9.06. The minimum atomic E-state index is 0.135. The van der Waals surface area contributed by atoms with Crippen LogP contribution < -0.4 is 0 Å². The molecule has 5 nitrogen and oxygen atoms in total. The van der Waals surface area contributed by atoms with Crippen molar-refractivity contribution >= 4 is 28.8 Å². The Morgan fingerprint density at radius 3 is 2.26 bits per heavy atom. The van der Waals surface area contributed by atoms with Gasteiger partial charge in [0, 0.05) is 47.0 Å². The van der Waals surface area contributed by atoms with Gasteiger partial charge in [-0.15, -0.1) is 0 Å². The highest BCUT2D eigenvalue weighted by atomic mass is 15.0. The van der Waals surface area contributed by atoms with Crippen LogP contribution in [0.3, 0.4) is 0 Å². The first-order valence-corrected chi connectivity index (χ1v) is 12.7. The molecule has 0 unspecified atom stereocenters. The van der Waals surface area contributed by atoms with E-state index < -0.39 is 0 Å². The van der Waals surface area contributed by atoms with Crippen molar-refractivity contribution in [3.8, 4) is 16.8 Å². The van der Waals surface area contributed by atoms with Crippen molar-refractivity contribution in [3.05, 3.63) is 157 Å². The van der Waals surface area contributed by atoms with E-state index in [1.54, 1.807) is 30.7 Å². The summed E-state index contributed by atoms with van der Waals surface area (Å²) in [6, 6.07) is 40.6. The zero-order chi connectivity index (χ0) is 26.4. The third-order valence-electron chi connectivity index (χ3n) is 6.49. The molecule has 2 heterocycles. The quantitative estimate of drug-likeness (QED) is 0.191. The maximum atomic E-state index is 8.48. The summed E-state index contributed by atoms with van der Waals surface area (Å²) >= 11 is 0. The maximum absolute atomic E-state index is 8.48. The van der Waals surface area contributed by atoms with Gasteiger partial charge in [0.15, 0.2) is 11.7 Å². The molecule has 6 aromatic rings. The summed E-state index contributed by atoms with van der Waals surface area (Å²) in [7, 11) is 0. The standard InChI is InChI=1S/C34H25N5/c35-33(27-16-19-36-20-17-27)38-34(28-11-5-2-6-12-28)37-24-25-8-7-13-31(22-25)39-21-18-30-23-29(14-15-32(30)39)26-9-3-1-4-10-26/h1-24,35H/b35-33?,37-24+,38-34-. The van der Waals surface area contributed by atoms with Gasteiger partial charge in [0.2, 0.25) is 0 Å². The van der Waals surface area contributed by atoms with Crippen LogP contribution in [-0.2, 0) is 0 Å². The van der Waals surface area contributed by atoms with E-state index in [1.165, 1.54) is 16.5 Å². The second-order valence-corrected chi connectivity index (χ2v) is 9.06. The number of nitrogens with one attached hydrogen (secondary N) is 1. The summed E-state index contributed by atoms with van der Waals surface area (Å²) in [5, 5.41) is 9.66. The van der Waals surface area contributed by atoms with Crippen LogP contribution in [0.2, 0.25) is 0 Å². The van der Waals surface area contributed by atoms with Crippen molar-refractivity contribution in [2.24, 2.45) is 9.98 Å². The molecule has 4 aromatic carbocycles. The number of aliphatic imine (C=N–C) groups is 2. The number of rotatable bonds is 5. The first-order valence-electron chi connectivity index (χ1n) is 12.7. The average Bonchev–Trinajstić information content (AvgIpc) is 3.44. The predicted molar refractivity (Wildman–Crippen MR) is 160 cm³/mol. The number of amidine groups is 2. The first-order chi connectivity index (χ1) is 19.2. The van der Waals surface area contributed by atoms with Crippen LogP contribution in [0.25, 0.3) is 27.7 Å². The summed E-state index contributed by atoms with van der Waals surface area (Å²) in [5.41, 5.74) is 7.06. The van der Waals surface area contributed by atoms with Gasteiger partial charge in [0.1, 0.15) is 0 Å². The SMILES string of the molecule is N=C(/N=C(\N=C\c1cccc(-n2ccc3cc(-c4ccccc4)ccc32)c1)c1ccccc1)c1ccncc1. The second kappa shape index (κ2) is 10.9. The zero-order valence-electron chi connectivity index (χ0n) is 21.1. The summed E-state index contributed by atoms with van der Waals surface area (Å²) < 4.78 is 2.19. The minimum Gasteiger partial charge on any atom is -0.317 e. The predicted octanol–water partition coefficient (Wildman–Crippen LogP) is 7.58. The van der Waals surface area contributed by atoms with Crippen molar-refractivity contribution in [1.82, 2.24) is 9.55 Å². The van der Waals surface area contributed by atoms with Gasteiger partial charge in [0.25, 0.3) is 0 Å². The normalized spacial score (nSPS) is 11.7. The molecule has 186 valence electrons. The van der Waals surface area contributed by atoms with Gasteiger partial charge in [-0.3, -0.25) is 10.4 Å². The number of aromatic nitrogens is 2. The minimum absolute atomic E-state index is 0.135. The molecule has 0 radical (unpaired) electrons. The van der Waals surface area contributed by atoms with E-state index >= 15 is 0 Å². The van der Waals surface area contributed by atoms with Crippen molar-refractivity contribution in [3.63, 3.8) is 0 Å². The monoisotopic (exact) mass is 503 g/mol. The van der Waals surface area contributed by atoms with Crippen LogP contribution in [0.15, 0.2) is 150 Å². The fourth-order valence-electron chi connectivity index (χ4n) is 4.50. The van der Waals surface area contributed by atoms with E-state index in [-0.39, 0.29) is 5.84 Å². The molecule has 0 bridgehead atoms. The molecule has 0 fully saturated rings. The molecule has 1 N–H and O–H groups in total. The van der Waals surface area contributed by atoms with Crippen LogP contribution in [-0.4, -0.2) is 27.4 Å². The molecule has 0 spiro atoms. The van der Waals surface area contributed by atoms with Crippen molar-refractivity contribution in [2.45, 2.75) is 0 Å². The molecule has 0 aliphatic rings. The molecule has 0 atom stereocenters. The van der Waals surface area contributed by atoms with Crippen LogP contribution in [0.4, 0.5) is 0 Å². The van der Waals surface area contributed by atoms with Gasteiger partial charge in [-0.1, -0.05) is 78.9 Å². The molecule has 2 aromatic heterocycles. The van der Waals surface area contributed by atoms with Gasteiger partial charge < -0.3 is 4.57 Å². The lowest BCUT2D eigenvalue weighted by molar-refractivity contribution is 1.13. The Kier molecular flexibility index (Phi) is 6.70. The van der Waals surface area contributed by atoms with E-state index in [9.17, 15) is 0 Å². The highest BCUT2D eigenvalue weighted by molar-refractivity contribution is 6.13. The summed E-state index contributed by atoms with van der Waals surface area (Å²) in [5.74, 6) is 0.610. The fraction of sp³-hybridized carbons (Fsp3) is 0. The maximum Gasteiger partial charge on any atom is 0.161 e. The van der Waals surface area contributed by atoms with Gasteiger partial charge in [0.05, 0.1) is 5.52 Å². The number of nitrogens with zero attached hydrogens (tertiary/aromatic N) is 4. The molecule has 6 rings (SSSR count). The molecular formula is C34H25N5. The first kappa shape index (κ1) is 23.9. The Balaban J connectivity index is 1.31. The number of fused-ring (bicyclic) bond motifs is 1. The lowest BCUT2D eigenvalue weighted by atomic mass is 10.0. The van der Waals surface area contributed by atoms with Crippen molar-refractivity contribution in [1.29, 1.82) is 5.41 Å². The molecule has 0 aliphatic carbocycles. The van der Waals surface area contributed by atoms with Crippen LogP contribution in [0, 0.1) is 5.41 Å². The Morgan fingerprint density at radius 1 is 0.692 bits per heavy atom. The third-order valence-corrected chi connectivity index (χ3v) is 6.49. The van der Waals surface area contributed by atoms with Crippen molar-refractivity contribution < 1.29 is 0 Å². The molecular weight excluding hydrogens is 478 g/mol. The van der Waals surface area contributed by atoms with E-state index in [4.69, 9.17) is 10.4 Å². The zero-order valence-corrected chi connectivity index (χ0v) is 21.1. The Hall–Kier alpha value is -5.42. The molecule has 0 saturated heterocycles. The van der Waals surface area contributed by atoms with Crippen molar-refractivity contribution in [2.75, 3.05) is 0 Å². The number of hydrogen-bond donors (Lipinski definition) is 1. The van der Waals surface area contributed by atoms with Gasteiger partial charge in [-0.25, -0.2) is 9.98 Å². The molecule has 5 heteroatoms. The van der Waals surface area contributed by atoms with Crippen LogP contribution in [0.1, 0.15) is 16.7 Å². The highest BCUT2D eigenvalue weighted by Gasteiger charge is 2.08. The largest absolute Gasteiger partial charge is 0.317 e. The van der Waals surface area contributed by atoms with Crippen LogP contribution in [0.5, 0.6) is 0 Å². The van der Waals surface area contributed by atoms with Crippen LogP contribution >= 0.6 is 0 Å². The number of benzene rings is 4. The lowest BCUT2D eigenvalue weighted by Gasteiger charge is -2.08. The molecule has 0 amide bonds. The molecule has 0 aliphatic heterocycles. The Labute approximate surface area is 227 Å². The lowest BCUT2D eigenvalue weighted by Crippen LogP contribution is -2.04.